The van der Waals surface area contributed by atoms with Gasteiger partial charge in [0.15, 0.2) is 0 Å². The summed E-state index contributed by atoms with van der Waals surface area (Å²) in [7, 11) is 1.89. The van der Waals surface area contributed by atoms with Crippen molar-refractivity contribution in [1.82, 2.24) is 15.1 Å². The Labute approximate surface area is 131 Å². The van der Waals surface area contributed by atoms with Gasteiger partial charge in [-0.3, -0.25) is 4.68 Å². The molecule has 2 atom stereocenters. The molecule has 0 spiro atoms. The number of aromatic nitrogens is 2. The van der Waals surface area contributed by atoms with Crippen LogP contribution in [0.2, 0.25) is 0 Å². The van der Waals surface area contributed by atoms with E-state index in [4.69, 9.17) is 4.74 Å². The fourth-order valence-corrected chi connectivity index (χ4v) is 2.23. The summed E-state index contributed by atoms with van der Waals surface area (Å²) in [4.78, 5) is 0. The number of ether oxygens (including phenoxy) is 1. The molecule has 5 heteroatoms. The van der Waals surface area contributed by atoms with E-state index in [9.17, 15) is 5.11 Å². The molecule has 1 aromatic heterocycles. The summed E-state index contributed by atoms with van der Waals surface area (Å²) in [6.07, 6.45) is 3.41. The molecule has 0 radical (unpaired) electrons. The summed E-state index contributed by atoms with van der Waals surface area (Å²) in [5, 5.41) is 17.7. The molecule has 2 aromatic rings. The van der Waals surface area contributed by atoms with Crippen LogP contribution in [0.3, 0.4) is 0 Å². The molecule has 0 amide bonds. The van der Waals surface area contributed by atoms with Crippen LogP contribution in [-0.2, 0) is 7.05 Å². The molecular weight excluding hydrogens is 278 g/mol. The van der Waals surface area contributed by atoms with E-state index in [0.29, 0.717) is 6.54 Å². The maximum atomic E-state index is 10.3. The Balaban J connectivity index is 1.87. The lowest BCUT2D eigenvalue weighted by atomic mass is 10.1. The molecule has 22 heavy (non-hydrogen) atoms. The molecule has 0 saturated heterocycles. The Morgan fingerprint density at radius 3 is 2.41 bits per heavy atom. The summed E-state index contributed by atoms with van der Waals surface area (Å²) in [5.74, 6) is 0.822. The molecule has 0 aliphatic heterocycles. The first kappa shape index (κ1) is 16.5. The molecule has 2 unspecified atom stereocenters. The van der Waals surface area contributed by atoms with Crippen molar-refractivity contribution in [3.05, 3.63) is 47.8 Å². The minimum absolute atomic E-state index is 0.145. The van der Waals surface area contributed by atoms with E-state index in [1.165, 1.54) is 0 Å². The second-order valence-corrected chi connectivity index (χ2v) is 5.83. The van der Waals surface area contributed by atoms with Crippen molar-refractivity contribution in [3.8, 4) is 5.75 Å². The van der Waals surface area contributed by atoms with Gasteiger partial charge in [-0.1, -0.05) is 12.1 Å². The van der Waals surface area contributed by atoms with Crippen molar-refractivity contribution >= 4 is 0 Å². The summed E-state index contributed by atoms with van der Waals surface area (Å²) in [6, 6.07) is 7.73. The molecule has 5 nitrogen and oxygen atoms in total. The summed E-state index contributed by atoms with van der Waals surface area (Å²) < 4.78 is 7.38. The van der Waals surface area contributed by atoms with Crippen LogP contribution in [0.4, 0.5) is 0 Å². The monoisotopic (exact) mass is 303 g/mol. The minimum Gasteiger partial charge on any atom is -0.491 e. The van der Waals surface area contributed by atoms with Gasteiger partial charge < -0.3 is 15.2 Å². The number of nitrogens with one attached hydrogen (secondary N) is 1. The molecule has 1 heterocycles. The van der Waals surface area contributed by atoms with Gasteiger partial charge in [0.05, 0.1) is 18.4 Å². The first-order valence-electron chi connectivity index (χ1n) is 7.62. The summed E-state index contributed by atoms with van der Waals surface area (Å²) in [5.41, 5.74) is 1.98. The average molecular weight is 303 g/mol. The molecule has 0 bridgehead atoms. The van der Waals surface area contributed by atoms with E-state index < -0.39 is 6.10 Å². The van der Waals surface area contributed by atoms with Crippen LogP contribution in [-0.4, -0.2) is 27.5 Å². The number of aliphatic hydroxyl groups is 1. The molecule has 0 aliphatic rings. The van der Waals surface area contributed by atoms with Crippen molar-refractivity contribution in [2.45, 2.75) is 39.0 Å². The Morgan fingerprint density at radius 2 is 1.86 bits per heavy atom. The van der Waals surface area contributed by atoms with E-state index in [2.05, 4.69) is 17.3 Å². The first-order valence-corrected chi connectivity index (χ1v) is 7.62. The SMILES string of the molecule is CC(C)Oc1ccc(C(O)CNC(C)c2cnn(C)c2)cc1. The molecule has 0 aliphatic carbocycles. The van der Waals surface area contributed by atoms with Crippen LogP contribution < -0.4 is 10.1 Å². The zero-order chi connectivity index (χ0) is 16.1. The highest BCUT2D eigenvalue weighted by atomic mass is 16.5. The number of hydrogen-bond donors (Lipinski definition) is 2. The Morgan fingerprint density at radius 1 is 1.18 bits per heavy atom. The van der Waals surface area contributed by atoms with E-state index in [1.807, 2.05) is 57.6 Å². The van der Waals surface area contributed by atoms with Crippen molar-refractivity contribution < 1.29 is 9.84 Å². The van der Waals surface area contributed by atoms with Crippen LogP contribution in [0.1, 0.15) is 44.0 Å². The predicted molar refractivity (Wildman–Crippen MR) is 86.8 cm³/mol. The quantitative estimate of drug-likeness (QED) is 0.825. The topological polar surface area (TPSA) is 59.3 Å². The van der Waals surface area contributed by atoms with Crippen LogP contribution >= 0.6 is 0 Å². The second-order valence-electron chi connectivity index (χ2n) is 5.83. The number of aliphatic hydroxyl groups excluding tert-OH is 1. The number of aryl methyl sites for hydroxylation is 1. The number of benzene rings is 1. The third-order valence-corrected chi connectivity index (χ3v) is 3.48. The summed E-state index contributed by atoms with van der Waals surface area (Å²) in [6.45, 7) is 6.53. The fourth-order valence-electron chi connectivity index (χ4n) is 2.23. The van der Waals surface area contributed by atoms with E-state index >= 15 is 0 Å². The smallest absolute Gasteiger partial charge is 0.119 e. The van der Waals surface area contributed by atoms with Gasteiger partial charge in [-0.25, -0.2) is 0 Å². The largest absolute Gasteiger partial charge is 0.491 e. The van der Waals surface area contributed by atoms with Crippen LogP contribution in [0.15, 0.2) is 36.7 Å². The van der Waals surface area contributed by atoms with Gasteiger partial charge in [-0.05, 0) is 38.5 Å². The fraction of sp³-hybridized carbons (Fsp3) is 0.471. The average Bonchev–Trinajstić information content (AvgIpc) is 2.91. The predicted octanol–water partition coefficient (Wildman–Crippen LogP) is 2.59. The zero-order valence-electron chi connectivity index (χ0n) is 13.7. The molecule has 0 fully saturated rings. The third kappa shape index (κ3) is 4.58. The second kappa shape index (κ2) is 7.42. The van der Waals surface area contributed by atoms with Gasteiger partial charge in [0, 0.05) is 31.4 Å². The van der Waals surface area contributed by atoms with Crippen LogP contribution in [0, 0.1) is 0 Å². The van der Waals surface area contributed by atoms with Gasteiger partial charge in [-0.2, -0.15) is 5.10 Å². The van der Waals surface area contributed by atoms with Crippen molar-refractivity contribution in [2.75, 3.05) is 6.54 Å². The Kier molecular flexibility index (Phi) is 5.57. The van der Waals surface area contributed by atoms with Crippen molar-refractivity contribution in [2.24, 2.45) is 7.05 Å². The van der Waals surface area contributed by atoms with E-state index in [-0.39, 0.29) is 12.1 Å². The highest BCUT2D eigenvalue weighted by Crippen LogP contribution is 2.19. The van der Waals surface area contributed by atoms with Crippen LogP contribution in [0.5, 0.6) is 5.75 Å². The first-order chi connectivity index (χ1) is 10.5. The number of rotatable bonds is 7. The van der Waals surface area contributed by atoms with Crippen molar-refractivity contribution in [3.63, 3.8) is 0 Å². The maximum absolute atomic E-state index is 10.3. The normalized spacial score (nSPS) is 14.1. The lowest BCUT2D eigenvalue weighted by molar-refractivity contribution is 0.170. The highest BCUT2D eigenvalue weighted by molar-refractivity contribution is 5.28. The van der Waals surface area contributed by atoms with Gasteiger partial charge in [0.25, 0.3) is 0 Å². The van der Waals surface area contributed by atoms with Gasteiger partial charge in [0.1, 0.15) is 5.75 Å². The standard InChI is InChI=1S/C17H25N3O2/c1-12(2)22-16-7-5-14(6-8-16)17(21)10-18-13(3)15-9-19-20(4)11-15/h5-9,11-13,17-18,21H,10H2,1-4H3. The number of nitrogens with zero attached hydrogens (tertiary/aromatic N) is 2. The highest BCUT2D eigenvalue weighted by Gasteiger charge is 2.12. The minimum atomic E-state index is -0.549. The van der Waals surface area contributed by atoms with Gasteiger partial charge in [0.2, 0.25) is 0 Å². The van der Waals surface area contributed by atoms with E-state index in [1.54, 1.807) is 4.68 Å². The molecule has 0 saturated carbocycles. The Bertz CT molecular complexity index is 578. The number of hydrogen-bond acceptors (Lipinski definition) is 4. The van der Waals surface area contributed by atoms with Gasteiger partial charge >= 0.3 is 0 Å². The van der Waals surface area contributed by atoms with Crippen LogP contribution in [0.25, 0.3) is 0 Å². The molecule has 2 N–H and O–H groups in total. The van der Waals surface area contributed by atoms with E-state index in [0.717, 1.165) is 16.9 Å². The lowest BCUT2D eigenvalue weighted by Gasteiger charge is -2.17. The molecule has 2 rings (SSSR count). The molecule has 120 valence electrons. The summed E-state index contributed by atoms with van der Waals surface area (Å²) >= 11 is 0. The lowest BCUT2D eigenvalue weighted by Crippen LogP contribution is -2.24. The van der Waals surface area contributed by atoms with Crippen molar-refractivity contribution in [1.29, 1.82) is 0 Å². The molecule has 1 aromatic carbocycles. The van der Waals surface area contributed by atoms with Gasteiger partial charge in [-0.15, -0.1) is 0 Å². The zero-order valence-corrected chi connectivity index (χ0v) is 13.7. The third-order valence-electron chi connectivity index (χ3n) is 3.48. The maximum Gasteiger partial charge on any atom is 0.119 e. The molecular formula is C17H25N3O2. The Hall–Kier alpha value is -1.85.